The highest BCUT2D eigenvalue weighted by Gasteiger charge is 1.91. The third kappa shape index (κ3) is 8.62. The third-order valence-electron chi connectivity index (χ3n) is 4.01. The SMILES string of the molecule is OCCCCC#Cc1ccc(C#Cc2ccc(C#CCCCCO)cc2)cc1. The molecular weight excluding hydrogens is 344 g/mol. The number of hydrogen-bond donors (Lipinski definition) is 2. The van der Waals surface area contributed by atoms with Crippen LogP contribution < -0.4 is 0 Å². The van der Waals surface area contributed by atoms with Gasteiger partial charge in [0.25, 0.3) is 0 Å². The van der Waals surface area contributed by atoms with Gasteiger partial charge in [0.2, 0.25) is 0 Å². The van der Waals surface area contributed by atoms with Gasteiger partial charge in [-0.1, -0.05) is 35.5 Å². The van der Waals surface area contributed by atoms with E-state index in [0.717, 1.165) is 60.8 Å². The molecule has 2 heteroatoms. The van der Waals surface area contributed by atoms with Crippen molar-refractivity contribution in [2.45, 2.75) is 38.5 Å². The summed E-state index contributed by atoms with van der Waals surface area (Å²) >= 11 is 0. The zero-order chi connectivity index (χ0) is 19.9. The van der Waals surface area contributed by atoms with Crippen molar-refractivity contribution in [3.05, 3.63) is 70.8 Å². The van der Waals surface area contributed by atoms with Crippen LogP contribution in [0.4, 0.5) is 0 Å². The second kappa shape index (κ2) is 13.2. The summed E-state index contributed by atoms with van der Waals surface area (Å²) in [6.45, 7) is 0.465. The van der Waals surface area contributed by atoms with E-state index in [4.69, 9.17) is 10.2 Å². The van der Waals surface area contributed by atoms with E-state index in [-0.39, 0.29) is 13.2 Å². The molecule has 0 saturated carbocycles. The van der Waals surface area contributed by atoms with Crippen LogP contribution in [0.25, 0.3) is 0 Å². The fourth-order valence-electron chi connectivity index (χ4n) is 2.40. The number of rotatable bonds is 6. The quantitative estimate of drug-likeness (QED) is 0.593. The Morgan fingerprint density at radius 3 is 1.11 bits per heavy atom. The molecule has 2 rings (SSSR count). The summed E-state index contributed by atoms with van der Waals surface area (Å²) in [5.41, 5.74) is 3.88. The Kier molecular flexibility index (Phi) is 10.1. The van der Waals surface area contributed by atoms with Crippen LogP contribution in [0.5, 0.6) is 0 Å². The molecule has 0 bridgehead atoms. The van der Waals surface area contributed by atoms with Gasteiger partial charge < -0.3 is 10.2 Å². The van der Waals surface area contributed by atoms with Crippen molar-refractivity contribution in [2.75, 3.05) is 13.2 Å². The molecule has 0 unspecified atom stereocenters. The van der Waals surface area contributed by atoms with Gasteiger partial charge in [0.1, 0.15) is 0 Å². The molecule has 2 N–H and O–H groups in total. The third-order valence-corrected chi connectivity index (χ3v) is 4.01. The lowest BCUT2D eigenvalue weighted by atomic mass is 10.1. The Hall–Kier alpha value is -2.96. The summed E-state index contributed by atoms with van der Waals surface area (Å²) in [5, 5.41) is 17.5. The maximum Gasteiger partial charge on any atom is 0.0431 e. The van der Waals surface area contributed by atoms with E-state index < -0.39 is 0 Å². The summed E-state index contributed by atoms with van der Waals surface area (Å²) in [6.07, 6.45) is 5.10. The van der Waals surface area contributed by atoms with Gasteiger partial charge in [-0.15, -0.1) is 0 Å². The molecule has 2 aromatic rings. The predicted octanol–water partition coefficient (Wildman–Crippen LogP) is 4.11. The minimum atomic E-state index is 0.233. The maximum atomic E-state index is 8.75. The minimum Gasteiger partial charge on any atom is -0.396 e. The van der Waals surface area contributed by atoms with Crippen molar-refractivity contribution < 1.29 is 10.2 Å². The van der Waals surface area contributed by atoms with Crippen molar-refractivity contribution in [2.24, 2.45) is 0 Å². The Bertz CT molecular complexity index is 814. The second-order valence-corrected chi connectivity index (χ2v) is 6.37. The van der Waals surface area contributed by atoms with Gasteiger partial charge in [-0.05, 0) is 74.2 Å². The minimum absolute atomic E-state index is 0.233. The van der Waals surface area contributed by atoms with Crippen LogP contribution in [0.2, 0.25) is 0 Å². The van der Waals surface area contributed by atoms with Gasteiger partial charge in [0.05, 0.1) is 0 Å². The van der Waals surface area contributed by atoms with Gasteiger partial charge in [-0.2, -0.15) is 0 Å². The van der Waals surface area contributed by atoms with Crippen molar-refractivity contribution in [3.63, 3.8) is 0 Å². The van der Waals surface area contributed by atoms with E-state index in [0.29, 0.717) is 0 Å². The molecule has 0 fully saturated rings. The van der Waals surface area contributed by atoms with Gasteiger partial charge in [-0.3, -0.25) is 0 Å². The number of aliphatic hydroxyl groups is 2. The number of hydrogen-bond acceptors (Lipinski definition) is 2. The van der Waals surface area contributed by atoms with Gasteiger partial charge in [0, 0.05) is 48.3 Å². The van der Waals surface area contributed by atoms with Crippen LogP contribution in [0.3, 0.4) is 0 Å². The highest BCUT2D eigenvalue weighted by atomic mass is 16.3. The molecule has 0 saturated heterocycles. The highest BCUT2D eigenvalue weighted by molar-refractivity contribution is 5.47. The summed E-state index contributed by atoms with van der Waals surface area (Å²) in [6, 6.07) is 15.9. The maximum absolute atomic E-state index is 8.75. The van der Waals surface area contributed by atoms with Crippen LogP contribution >= 0.6 is 0 Å². The Labute approximate surface area is 168 Å². The number of benzene rings is 2. The van der Waals surface area contributed by atoms with E-state index >= 15 is 0 Å². The normalized spacial score (nSPS) is 9.36. The fraction of sp³-hybridized carbons (Fsp3) is 0.308. The molecule has 2 aromatic carbocycles. The first-order valence-electron chi connectivity index (χ1n) is 9.73. The van der Waals surface area contributed by atoms with E-state index in [1.54, 1.807) is 0 Å². The van der Waals surface area contributed by atoms with Crippen LogP contribution in [-0.4, -0.2) is 23.4 Å². The molecule has 2 nitrogen and oxygen atoms in total. The van der Waals surface area contributed by atoms with Crippen LogP contribution in [-0.2, 0) is 0 Å². The van der Waals surface area contributed by atoms with E-state index in [9.17, 15) is 0 Å². The fourth-order valence-corrected chi connectivity index (χ4v) is 2.40. The first-order chi connectivity index (χ1) is 13.8. The van der Waals surface area contributed by atoms with Crippen molar-refractivity contribution in [1.82, 2.24) is 0 Å². The van der Waals surface area contributed by atoms with Crippen molar-refractivity contribution in [3.8, 4) is 35.5 Å². The van der Waals surface area contributed by atoms with Crippen molar-refractivity contribution >= 4 is 0 Å². The topological polar surface area (TPSA) is 40.5 Å². The molecule has 0 aliphatic heterocycles. The Balaban J connectivity index is 1.89. The summed E-state index contributed by atoms with van der Waals surface area (Å²) in [4.78, 5) is 0. The van der Waals surface area contributed by atoms with Crippen LogP contribution in [0.1, 0.15) is 60.8 Å². The zero-order valence-electron chi connectivity index (χ0n) is 16.2. The van der Waals surface area contributed by atoms with E-state index in [2.05, 4.69) is 35.5 Å². The monoisotopic (exact) mass is 370 g/mol. The van der Waals surface area contributed by atoms with Crippen LogP contribution in [0.15, 0.2) is 48.5 Å². The predicted molar refractivity (Wildman–Crippen MR) is 114 cm³/mol. The Morgan fingerprint density at radius 1 is 0.464 bits per heavy atom. The van der Waals surface area contributed by atoms with E-state index in [1.807, 2.05) is 48.5 Å². The average molecular weight is 370 g/mol. The molecule has 28 heavy (non-hydrogen) atoms. The molecule has 0 atom stereocenters. The molecule has 0 heterocycles. The first-order valence-corrected chi connectivity index (χ1v) is 9.73. The van der Waals surface area contributed by atoms with Gasteiger partial charge in [-0.25, -0.2) is 0 Å². The average Bonchev–Trinajstić information content (AvgIpc) is 2.74. The molecule has 0 spiro atoms. The van der Waals surface area contributed by atoms with Gasteiger partial charge >= 0.3 is 0 Å². The lowest BCUT2D eigenvalue weighted by Gasteiger charge is -1.94. The molecule has 0 aliphatic carbocycles. The second-order valence-electron chi connectivity index (χ2n) is 6.37. The highest BCUT2D eigenvalue weighted by Crippen LogP contribution is 2.05. The molecule has 0 aromatic heterocycles. The zero-order valence-corrected chi connectivity index (χ0v) is 16.2. The summed E-state index contributed by atoms with van der Waals surface area (Å²) in [7, 11) is 0. The standard InChI is InChI=1S/C26H26O2/c27-21-7-3-1-5-9-23-11-15-25(16-12-23)19-20-26-17-13-24(14-18-26)10-6-2-4-8-22-28/h11-18,27-28H,1-4,7-8,21-22H2. The van der Waals surface area contributed by atoms with E-state index in [1.165, 1.54) is 0 Å². The lowest BCUT2D eigenvalue weighted by Crippen LogP contribution is -1.82. The summed E-state index contributed by atoms with van der Waals surface area (Å²) in [5.74, 6) is 18.9. The molecule has 0 radical (unpaired) electrons. The number of unbranched alkanes of at least 4 members (excludes halogenated alkanes) is 4. The first kappa shape index (κ1) is 21.3. The molecular formula is C26H26O2. The van der Waals surface area contributed by atoms with Crippen LogP contribution in [0, 0.1) is 35.5 Å². The molecule has 142 valence electrons. The largest absolute Gasteiger partial charge is 0.396 e. The molecule has 0 aliphatic rings. The molecule has 0 amide bonds. The number of aliphatic hydroxyl groups excluding tert-OH is 2. The lowest BCUT2D eigenvalue weighted by molar-refractivity contribution is 0.285. The van der Waals surface area contributed by atoms with Crippen molar-refractivity contribution in [1.29, 1.82) is 0 Å². The smallest absolute Gasteiger partial charge is 0.0431 e. The Morgan fingerprint density at radius 2 is 0.786 bits per heavy atom. The van der Waals surface area contributed by atoms with Gasteiger partial charge in [0.15, 0.2) is 0 Å². The summed E-state index contributed by atoms with van der Waals surface area (Å²) < 4.78 is 0.